The third-order valence-corrected chi connectivity index (χ3v) is 3.25. The topological polar surface area (TPSA) is 54.9 Å². The van der Waals surface area contributed by atoms with E-state index < -0.39 is 0 Å². The third-order valence-electron chi connectivity index (χ3n) is 3.25. The van der Waals surface area contributed by atoms with Crippen molar-refractivity contribution in [2.75, 3.05) is 27.3 Å². The fourth-order valence-corrected chi connectivity index (χ4v) is 2.06. The molecule has 0 saturated carbocycles. The van der Waals surface area contributed by atoms with Crippen LogP contribution in [0.3, 0.4) is 0 Å². The fourth-order valence-electron chi connectivity index (χ4n) is 2.06. The zero-order chi connectivity index (χ0) is 16.4. The number of rotatable bonds is 8. The quantitative estimate of drug-likeness (QED) is 0.573. The molecule has 124 valence electrons. The van der Waals surface area contributed by atoms with Gasteiger partial charge in [0.25, 0.3) is 0 Å². The summed E-state index contributed by atoms with van der Waals surface area (Å²) in [6.45, 7) is 8.78. The Balaban J connectivity index is 2.77. The molecule has 1 rings (SSSR count). The molecule has 22 heavy (non-hydrogen) atoms. The first kappa shape index (κ1) is 18.1. The highest BCUT2D eigenvalue weighted by atomic mass is 16.5. The minimum Gasteiger partial charge on any atom is -0.493 e. The van der Waals surface area contributed by atoms with E-state index in [0.29, 0.717) is 12.5 Å². The van der Waals surface area contributed by atoms with Gasteiger partial charge in [-0.1, -0.05) is 26.0 Å². The number of guanidine groups is 1. The standard InChI is InChI=1S/C17H29N3O2/c1-6-18-17(19-11-10-13(2)3)20-12-14-8-7-9-15(21-4)16(14)22-5/h7-9,13H,6,10-12H2,1-5H3,(H2,18,19,20). The van der Waals surface area contributed by atoms with Crippen LogP contribution in [0.1, 0.15) is 32.8 Å². The van der Waals surface area contributed by atoms with Gasteiger partial charge in [-0.15, -0.1) is 0 Å². The second-order valence-corrected chi connectivity index (χ2v) is 5.46. The van der Waals surface area contributed by atoms with Crippen LogP contribution in [-0.4, -0.2) is 33.3 Å². The second kappa shape index (κ2) is 9.92. The van der Waals surface area contributed by atoms with Crippen molar-refractivity contribution in [1.29, 1.82) is 0 Å². The van der Waals surface area contributed by atoms with E-state index in [1.165, 1.54) is 0 Å². The summed E-state index contributed by atoms with van der Waals surface area (Å²) in [5.41, 5.74) is 1.00. The lowest BCUT2D eigenvalue weighted by Crippen LogP contribution is -2.38. The molecular weight excluding hydrogens is 278 g/mol. The summed E-state index contributed by atoms with van der Waals surface area (Å²) in [5, 5.41) is 6.61. The molecule has 2 N–H and O–H groups in total. The normalized spacial score (nSPS) is 11.5. The zero-order valence-corrected chi connectivity index (χ0v) is 14.4. The van der Waals surface area contributed by atoms with Crippen LogP contribution in [0.2, 0.25) is 0 Å². The van der Waals surface area contributed by atoms with Gasteiger partial charge < -0.3 is 20.1 Å². The number of nitrogens with one attached hydrogen (secondary N) is 2. The van der Waals surface area contributed by atoms with Crippen LogP contribution >= 0.6 is 0 Å². The predicted molar refractivity (Wildman–Crippen MR) is 91.8 cm³/mol. The highest BCUT2D eigenvalue weighted by Crippen LogP contribution is 2.30. The molecule has 5 heteroatoms. The van der Waals surface area contributed by atoms with Crippen molar-refractivity contribution in [3.05, 3.63) is 23.8 Å². The van der Waals surface area contributed by atoms with Crippen LogP contribution in [0.25, 0.3) is 0 Å². The van der Waals surface area contributed by atoms with Crippen molar-refractivity contribution in [3.63, 3.8) is 0 Å². The Hall–Kier alpha value is -1.91. The zero-order valence-electron chi connectivity index (χ0n) is 14.4. The first-order valence-corrected chi connectivity index (χ1v) is 7.84. The third kappa shape index (κ3) is 5.84. The van der Waals surface area contributed by atoms with Gasteiger partial charge in [0.2, 0.25) is 0 Å². The molecule has 0 radical (unpaired) electrons. The summed E-state index contributed by atoms with van der Waals surface area (Å²) in [5.74, 6) is 2.97. The number of para-hydroxylation sites is 1. The molecule has 0 heterocycles. The van der Waals surface area contributed by atoms with Gasteiger partial charge in [-0.3, -0.25) is 0 Å². The molecule has 5 nitrogen and oxygen atoms in total. The fraction of sp³-hybridized carbons (Fsp3) is 0.588. The van der Waals surface area contributed by atoms with Gasteiger partial charge in [-0.2, -0.15) is 0 Å². The van der Waals surface area contributed by atoms with Crippen LogP contribution in [0.5, 0.6) is 11.5 Å². The van der Waals surface area contributed by atoms with E-state index in [1.54, 1.807) is 14.2 Å². The SMILES string of the molecule is CCNC(=NCc1cccc(OC)c1OC)NCCC(C)C. The van der Waals surface area contributed by atoms with E-state index in [0.717, 1.165) is 42.5 Å². The number of ether oxygens (including phenoxy) is 2. The Bertz CT molecular complexity index is 473. The van der Waals surface area contributed by atoms with Gasteiger partial charge in [0.15, 0.2) is 17.5 Å². The highest BCUT2D eigenvalue weighted by Gasteiger charge is 2.09. The van der Waals surface area contributed by atoms with Gasteiger partial charge >= 0.3 is 0 Å². The Morgan fingerprint density at radius 3 is 2.55 bits per heavy atom. The predicted octanol–water partition coefficient (Wildman–Crippen LogP) is 2.81. The van der Waals surface area contributed by atoms with Crippen LogP contribution in [0.4, 0.5) is 0 Å². The number of methoxy groups -OCH3 is 2. The maximum Gasteiger partial charge on any atom is 0.191 e. The molecule has 0 bridgehead atoms. The van der Waals surface area contributed by atoms with Crippen molar-refractivity contribution < 1.29 is 9.47 Å². The summed E-state index contributed by atoms with van der Waals surface area (Å²) in [6, 6.07) is 5.84. The number of aliphatic imine (C=N–C) groups is 1. The minimum atomic E-state index is 0.539. The molecule has 0 atom stereocenters. The van der Waals surface area contributed by atoms with E-state index in [1.807, 2.05) is 18.2 Å². The molecule has 0 amide bonds. The summed E-state index contributed by atoms with van der Waals surface area (Å²) >= 11 is 0. The lowest BCUT2D eigenvalue weighted by atomic mass is 10.1. The van der Waals surface area contributed by atoms with Crippen LogP contribution in [0.15, 0.2) is 23.2 Å². The summed E-state index contributed by atoms with van der Waals surface area (Å²) < 4.78 is 10.8. The summed E-state index contributed by atoms with van der Waals surface area (Å²) in [6.07, 6.45) is 1.12. The Morgan fingerprint density at radius 1 is 1.18 bits per heavy atom. The average Bonchev–Trinajstić information content (AvgIpc) is 2.51. The van der Waals surface area contributed by atoms with E-state index in [4.69, 9.17) is 9.47 Å². The number of nitrogens with zero attached hydrogens (tertiary/aromatic N) is 1. The first-order chi connectivity index (χ1) is 10.6. The van der Waals surface area contributed by atoms with Gasteiger partial charge in [0, 0.05) is 18.7 Å². The summed E-state index contributed by atoms with van der Waals surface area (Å²) in [4.78, 5) is 4.62. The van der Waals surface area contributed by atoms with E-state index in [-0.39, 0.29) is 0 Å². The molecule has 0 unspecified atom stereocenters. The van der Waals surface area contributed by atoms with E-state index >= 15 is 0 Å². The Kier molecular flexibility index (Phi) is 8.18. The monoisotopic (exact) mass is 307 g/mol. The molecule has 0 fully saturated rings. The first-order valence-electron chi connectivity index (χ1n) is 7.84. The van der Waals surface area contributed by atoms with Gasteiger partial charge in [-0.25, -0.2) is 4.99 Å². The van der Waals surface area contributed by atoms with Crippen molar-refractivity contribution in [2.24, 2.45) is 10.9 Å². The maximum absolute atomic E-state index is 5.44. The Labute approximate surface area is 134 Å². The van der Waals surface area contributed by atoms with Crippen LogP contribution < -0.4 is 20.1 Å². The van der Waals surface area contributed by atoms with Crippen LogP contribution in [-0.2, 0) is 6.54 Å². The molecule has 0 aliphatic rings. The number of hydrogen-bond donors (Lipinski definition) is 2. The molecule has 0 aromatic heterocycles. The van der Waals surface area contributed by atoms with E-state index in [2.05, 4.69) is 36.4 Å². The van der Waals surface area contributed by atoms with Gasteiger partial charge in [0.1, 0.15) is 0 Å². The van der Waals surface area contributed by atoms with Crippen molar-refractivity contribution in [2.45, 2.75) is 33.7 Å². The molecular formula is C17H29N3O2. The van der Waals surface area contributed by atoms with Crippen LogP contribution in [0, 0.1) is 5.92 Å². The lowest BCUT2D eigenvalue weighted by Gasteiger charge is -2.14. The molecule has 1 aromatic rings. The molecule has 0 saturated heterocycles. The number of hydrogen-bond acceptors (Lipinski definition) is 3. The molecule has 0 aliphatic carbocycles. The maximum atomic E-state index is 5.44. The van der Waals surface area contributed by atoms with Crippen molar-refractivity contribution in [1.82, 2.24) is 10.6 Å². The minimum absolute atomic E-state index is 0.539. The molecule has 0 aliphatic heterocycles. The van der Waals surface area contributed by atoms with Crippen molar-refractivity contribution in [3.8, 4) is 11.5 Å². The Morgan fingerprint density at radius 2 is 1.95 bits per heavy atom. The van der Waals surface area contributed by atoms with Gasteiger partial charge in [0.05, 0.1) is 20.8 Å². The smallest absolute Gasteiger partial charge is 0.191 e. The second-order valence-electron chi connectivity index (χ2n) is 5.46. The molecule has 0 spiro atoms. The molecule has 1 aromatic carbocycles. The summed E-state index contributed by atoms with van der Waals surface area (Å²) in [7, 11) is 3.29. The number of benzene rings is 1. The largest absolute Gasteiger partial charge is 0.493 e. The van der Waals surface area contributed by atoms with Gasteiger partial charge in [-0.05, 0) is 25.3 Å². The highest BCUT2D eigenvalue weighted by molar-refractivity contribution is 5.79. The van der Waals surface area contributed by atoms with E-state index in [9.17, 15) is 0 Å². The average molecular weight is 307 g/mol. The van der Waals surface area contributed by atoms with Crippen molar-refractivity contribution >= 4 is 5.96 Å². The lowest BCUT2D eigenvalue weighted by molar-refractivity contribution is 0.352.